The number of amides is 1. The Balaban J connectivity index is 1.65. The van der Waals surface area contributed by atoms with E-state index in [1.807, 2.05) is 6.92 Å². The second kappa shape index (κ2) is 7.76. The number of benzene rings is 2. The Bertz CT molecular complexity index is 943. The van der Waals surface area contributed by atoms with Crippen molar-refractivity contribution < 1.29 is 14.1 Å². The molecule has 1 atom stereocenters. The molecule has 0 aliphatic carbocycles. The number of anilines is 1. The predicted molar refractivity (Wildman–Crippen MR) is 99.7 cm³/mol. The van der Waals surface area contributed by atoms with Gasteiger partial charge in [0.1, 0.15) is 5.75 Å². The molecular formula is C18H15Cl2N3O3. The van der Waals surface area contributed by atoms with Gasteiger partial charge in [-0.15, -0.1) is 0 Å². The van der Waals surface area contributed by atoms with Crippen molar-refractivity contribution in [3.63, 3.8) is 0 Å². The van der Waals surface area contributed by atoms with Crippen molar-refractivity contribution in [3.05, 3.63) is 58.1 Å². The zero-order valence-corrected chi connectivity index (χ0v) is 15.5. The molecule has 1 N–H and O–H groups in total. The van der Waals surface area contributed by atoms with Gasteiger partial charge in [-0.25, -0.2) is 0 Å². The molecule has 6 nitrogen and oxygen atoms in total. The zero-order valence-electron chi connectivity index (χ0n) is 14.0. The standard InChI is InChI=1S/C18H15Cl2N3O3/c1-10-8-14(6-7-15(10)20)25-11(2)16(24)21-18-22-17(26-23-18)12-4-3-5-13(19)9-12/h3-9,11H,1-2H3,(H,21,23,24)/t11-/m1/s1. The topological polar surface area (TPSA) is 77.2 Å². The first kappa shape index (κ1) is 18.2. The van der Waals surface area contributed by atoms with Crippen molar-refractivity contribution in [2.45, 2.75) is 20.0 Å². The predicted octanol–water partition coefficient (Wildman–Crippen LogP) is 4.76. The number of nitrogens with zero attached hydrogens (tertiary/aromatic N) is 2. The van der Waals surface area contributed by atoms with Gasteiger partial charge < -0.3 is 9.26 Å². The van der Waals surface area contributed by atoms with E-state index in [0.717, 1.165) is 5.56 Å². The van der Waals surface area contributed by atoms with Gasteiger partial charge in [0.05, 0.1) is 0 Å². The summed E-state index contributed by atoms with van der Waals surface area (Å²) in [4.78, 5) is 16.4. The van der Waals surface area contributed by atoms with Gasteiger partial charge in [0.2, 0.25) is 0 Å². The molecule has 0 radical (unpaired) electrons. The van der Waals surface area contributed by atoms with Gasteiger partial charge in [0.25, 0.3) is 17.7 Å². The van der Waals surface area contributed by atoms with Crippen LogP contribution in [-0.2, 0) is 4.79 Å². The van der Waals surface area contributed by atoms with Crippen molar-refractivity contribution in [1.82, 2.24) is 10.1 Å². The number of aryl methyl sites for hydroxylation is 1. The zero-order chi connectivity index (χ0) is 18.7. The van der Waals surface area contributed by atoms with Crippen LogP contribution in [0.15, 0.2) is 47.0 Å². The molecule has 1 aromatic heterocycles. The molecule has 0 fully saturated rings. The monoisotopic (exact) mass is 391 g/mol. The molecule has 0 saturated carbocycles. The Morgan fingerprint density at radius 2 is 2.04 bits per heavy atom. The molecule has 134 valence electrons. The lowest BCUT2D eigenvalue weighted by atomic mass is 10.2. The Hall–Kier alpha value is -2.57. The van der Waals surface area contributed by atoms with Crippen molar-refractivity contribution in [2.75, 3.05) is 5.32 Å². The highest BCUT2D eigenvalue weighted by molar-refractivity contribution is 6.31. The van der Waals surface area contributed by atoms with E-state index >= 15 is 0 Å². The van der Waals surface area contributed by atoms with E-state index in [2.05, 4.69) is 15.5 Å². The van der Waals surface area contributed by atoms with E-state index in [-0.39, 0.29) is 11.8 Å². The fraction of sp³-hybridized carbons (Fsp3) is 0.167. The highest BCUT2D eigenvalue weighted by Gasteiger charge is 2.18. The lowest BCUT2D eigenvalue weighted by Crippen LogP contribution is -2.30. The highest BCUT2D eigenvalue weighted by atomic mass is 35.5. The third-order valence-electron chi connectivity index (χ3n) is 3.54. The van der Waals surface area contributed by atoms with E-state index < -0.39 is 12.0 Å². The molecule has 0 aliphatic heterocycles. The number of aromatic nitrogens is 2. The van der Waals surface area contributed by atoms with Crippen LogP contribution in [-0.4, -0.2) is 22.2 Å². The molecule has 3 aromatic rings. The molecule has 0 unspecified atom stereocenters. The fourth-order valence-electron chi connectivity index (χ4n) is 2.17. The third-order valence-corrected chi connectivity index (χ3v) is 4.20. The minimum absolute atomic E-state index is 0.0488. The van der Waals surface area contributed by atoms with Crippen molar-refractivity contribution in [1.29, 1.82) is 0 Å². The number of ether oxygens (including phenoxy) is 1. The summed E-state index contributed by atoms with van der Waals surface area (Å²) in [6.45, 7) is 3.48. The molecular weight excluding hydrogens is 377 g/mol. The number of carbonyl (C=O) groups excluding carboxylic acids is 1. The first-order chi connectivity index (χ1) is 12.4. The van der Waals surface area contributed by atoms with Crippen LogP contribution >= 0.6 is 23.2 Å². The Kier molecular flexibility index (Phi) is 5.44. The van der Waals surface area contributed by atoms with Crippen molar-refractivity contribution in [2.24, 2.45) is 0 Å². The fourth-order valence-corrected chi connectivity index (χ4v) is 2.48. The summed E-state index contributed by atoms with van der Waals surface area (Å²) in [6.07, 6.45) is -0.760. The van der Waals surface area contributed by atoms with Gasteiger partial charge in [-0.05, 0) is 61.0 Å². The van der Waals surface area contributed by atoms with Crippen LogP contribution in [0, 0.1) is 6.92 Å². The van der Waals surface area contributed by atoms with E-state index in [4.69, 9.17) is 32.5 Å². The minimum Gasteiger partial charge on any atom is -0.481 e. The summed E-state index contributed by atoms with van der Waals surface area (Å²) in [5.41, 5.74) is 1.52. The summed E-state index contributed by atoms with van der Waals surface area (Å²) in [6, 6.07) is 12.1. The average Bonchev–Trinajstić information content (AvgIpc) is 3.06. The minimum atomic E-state index is -0.760. The first-order valence-electron chi connectivity index (χ1n) is 7.75. The first-order valence-corrected chi connectivity index (χ1v) is 8.51. The summed E-state index contributed by atoms with van der Waals surface area (Å²) in [5.74, 6) is 0.440. The lowest BCUT2D eigenvalue weighted by Gasteiger charge is -2.14. The van der Waals surface area contributed by atoms with Gasteiger partial charge in [-0.2, -0.15) is 4.98 Å². The number of hydrogen-bond acceptors (Lipinski definition) is 5. The van der Waals surface area contributed by atoms with E-state index in [9.17, 15) is 4.79 Å². The van der Waals surface area contributed by atoms with Crippen LogP contribution in [0.3, 0.4) is 0 Å². The van der Waals surface area contributed by atoms with Gasteiger partial charge in [0.15, 0.2) is 6.10 Å². The molecule has 0 bridgehead atoms. The summed E-state index contributed by atoms with van der Waals surface area (Å²) in [5, 5.41) is 7.48. The van der Waals surface area contributed by atoms with Gasteiger partial charge in [-0.1, -0.05) is 29.3 Å². The van der Waals surface area contributed by atoms with Gasteiger partial charge in [0, 0.05) is 15.6 Å². The summed E-state index contributed by atoms with van der Waals surface area (Å²) < 4.78 is 10.8. The number of nitrogens with one attached hydrogen (secondary N) is 1. The quantitative estimate of drug-likeness (QED) is 0.678. The van der Waals surface area contributed by atoms with Gasteiger partial charge in [-0.3, -0.25) is 10.1 Å². The van der Waals surface area contributed by atoms with Crippen molar-refractivity contribution in [3.8, 4) is 17.2 Å². The van der Waals surface area contributed by atoms with Gasteiger partial charge >= 0.3 is 0 Å². The van der Waals surface area contributed by atoms with E-state index in [0.29, 0.717) is 21.4 Å². The van der Waals surface area contributed by atoms with Crippen LogP contribution < -0.4 is 10.1 Å². The van der Waals surface area contributed by atoms with E-state index in [1.54, 1.807) is 49.4 Å². The lowest BCUT2D eigenvalue weighted by molar-refractivity contribution is -0.122. The second-order valence-electron chi connectivity index (χ2n) is 5.59. The summed E-state index contributed by atoms with van der Waals surface area (Å²) >= 11 is 11.9. The molecule has 1 amide bonds. The number of carbonyl (C=O) groups is 1. The molecule has 26 heavy (non-hydrogen) atoms. The number of halogens is 2. The molecule has 0 spiro atoms. The van der Waals surface area contributed by atoms with Crippen LogP contribution in [0.4, 0.5) is 5.95 Å². The number of hydrogen-bond donors (Lipinski definition) is 1. The van der Waals surface area contributed by atoms with Crippen molar-refractivity contribution >= 4 is 35.1 Å². The average molecular weight is 392 g/mol. The molecule has 0 saturated heterocycles. The summed E-state index contributed by atoms with van der Waals surface area (Å²) in [7, 11) is 0. The molecule has 8 heteroatoms. The molecule has 1 heterocycles. The highest BCUT2D eigenvalue weighted by Crippen LogP contribution is 2.23. The molecule has 2 aromatic carbocycles. The largest absolute Gasteiger partial charge is 0.481 e. The smallest absolute Gasteiger partial charge is 0.270 e. The maximum atomic E-state index is 12.3. The van der Waals surface area contributed by atoms with E-state index in [1.165, 1.54) is 0 Å². The molecule has 3 rings (SSSR count). The Morgan fingerprint density at radius 3 is 2.77 bits per heavy atom. The molecule has 0 aliphatic rings. The number of rotatable bonds is 5. The maximum absolute atomic E-state index is 12.3. The van der Waals surface area contributed by atoms with Crippen LogP contribution in [0.5, 0.6) is 5.75 Å². The normalized spacial score (nSPS) is 11.8. The van der Waals surface area contributed by atoms with Crippen LogP contribution in [0.2, 0.25) is 10.0 Å². The van der Waals surface area contributed by atoms with Crippen LogP contribution in [0.25, 0.3) is 11.5 Å². The Morgan fingerprint density at radius 1 is 1.23 bits per heavy atom. The van der Waals surface area contributed by atoms with Crippen LogP contribution in [0.1, 0.15) is 12.5 Å². The Labute approximate surface area is 160 Å². The second-order valence-corrected chi connectivity index (χ2v) is 6.44. The third kappa shape index (κ3) is 4.33. The maximum Gasteiger partial charge on any atom is 0.270 e. The SMILES string of the molecule is Cc1cc(O[C@H](C)C(=O)Nc2noc(-c3cccc(Cl)c3)n2)ccc1Cl.